The average molecular weight is 399 g/mol. The van der Waals surface area contributed by atoms with Gasteiger partial charge in [0, 0.05) is 31.7 Å². The normalized spacial score (nSPS) is 14.5. The molecule has 0 spiro atoms. The van der Waals surface area contributed by atoms with Crippen LogP contribution in [-0.4, -0.2) is 47.8 Å². The van der Waals surface area contributed by atoms with Crippen molar-refractivity contribution in [3.05, 3.63) is 69.2 Å². The molecule has 0 aromatic heterocycles. The SMILES string of the molecule is O=C(c1ccc(F)cc1)N1CCN(C(=O)c2cc(F)c(Cl)cc2Cl)CC1. The predicted molar refractivity (Wildman–Crippen MR) is 94.6 cm³/mol. The third kappa shape index (κ3) is 3.81. The summed E-state index contributed by atoms with van der Waals surface area (Å²) in [6.07, 6.45) is 0. The molecule has 4 nitrogen and oxygen atoms in total. The molecule has 0 atom stereocenters. The molecule has 0 bridgehead atoms. The van der Waals surface area contributed by atoms with Crippen molar-refractivity contribution in [1.29, 1.82) is 0 Å². The van der Waals surface area contributed by atoms with Gasteiger partial charge >= 0.3 is 0 Å². The first kappa shape index (κ1) is 18.6. The first-order chi connectivity index (χ1) is 12.4. The molecule has 0 saturated carbocycles. The predicted octanol–water partition coefficient (Wildman–Crippen LogP) is 3.87. The van der Waals surface area contributed by atoms with E-state index in [0.717, 1.165) is 6.07 Å². The van der Waals surface area contributed by atoms with Crippen LogP contribution in [-0.2, 0) is 0 Å². The molecule has 0 aliphatic carbocycles. The minimum absolute atomic E-state index is 0.0341. The molecule has 26 heavy (non-hydrogen) atoms. The van der Waals surface area contributed by atoms with Gasteiger partial charge in [-0.25, -0.2) is 8.78 Å². The maximum Gasteiger partial charge on any atom is 0.255 e. The molecule has 2 aromatic rings. The Hall–Kier alpha value is -2.18. The van der Waals surface area contributed by atoms with Crippen molar-refractivity contribution in [1.82, 2.24) is 9.80 Å². The van der Waals surface area contributed by atoms with E-state index >= 15 is 0 Å². The van der Waals surface area contributed by atoms with Crippen LogP contribution in [0, 0.1) is 11.6 Å². The Morgan fingerprint density at radius 1 is 0.808 bits per heavy atom. The lowest BCUT2D eigenvalue weighted by Crippen LogP contribution is -2.50. The smallest absolute Gasteiger partial charge is 0.255 e. The fraction of sp³-hybridized carbons (Fsp3) is 0.222. The second kappa shape index (κ2) is 7.60. The lowest BCUT2D eigenvalue weighted by atomic mass is 10.1. The number of benzene rings is 2. The molecular formula is C18H14Cl2F2N2O2. The number of amides is 2. The van der Waals surface area contributed by atoms with Crippen molar-refractivity contribution in [2.45, 2.75) is 0 Å². The van der Waals surface area contributed by atoms with Gasteiger partial charge in [-0.15, -0.1) is 0 Å². The minimum atomic E-state index is -0.718. The molecule has 8 heteroatoms. The van der Waals surface area contributed by atoms with E-state index in [4.69, 9.17) is 23.2 Å². The van der Waals surface area contributed by atoms with Crippen LogP contribution in [0.1, 0.15) is 20.7 Å². The van der Waals surface area contributed by atoms with Gasteiger partial charge in [0.15, 0.2) is 0 Å². The first-order valence-corrected chi connectivity index (χ1v) is 8.61. The van der Waals surface area contributed by atoms with E-state index in [2.05, 4.69) is 0 Å². The van der Waals surface area contributed by atoms with E-state index in [1.807, 2.05) is 0 Å². The van der Waals surface area contributed by atoms with Crippen LogP contribution in [0.15, 0.2) is 36.4 Å². The standard InChI is InChI=1S/C18H14Cl2F2N2O2/c19-14-10-15(20)16(22)9-13(14)18(26)24-7-5-23(6-8-24)17(25)11-1-3-12(21)4-2-11/h1-4,9-10H,5-8H2. The molecule has 2 amide bonds. The first-order valence-electron chi connectivity index (χ1n) is 7.85. The van der Waals surface area contributed by atoms with E-state index in [9.17, 15) is 18.4 Å². The van der Waals surface area contributed by atoms with E-state index in [1.54, 1.807) is 4.90 Å². The highest BCUT2D eigenvalue weighted by molar-refractivity contribution is 6.36. The minimum Gasteiger partial charge on any atom is -0.335 e. The Balaban J connectivity index is 1.66. The summed E-state index contributed by atoms with van der Waals surface area (Å²) in [7, 11) is 0. The molecule has 2 aromatic carbocycles. The molecule has 136 valence electrons. The molecule has 0 radical (unpaired) electrons. The van der Waals surface area contributed by atoms with Crippen LogP contribution in [0.3, 0.4) is 0 Å². The summed E-state index contributed by atoms with van der Waals surface area (Å²) >= 11 is 11.6. The zero-order valence-electron chi connectivity index (χ0n) is 13.5. The van der Waals surface area contributed by atoms with E-state index in [0.29, 0.717) is 18.7 Å². The van der Waals surface area contributed by atoms with Gasteiger partial charge < -0.3 is 9.80 Å². The zero-order valence-corrected chi connectivity index (χ0v) is 15.0. The van der Waals surface area contributed by atoms with E-state index in [-0.39, 0.29) is 34.6 Å². The summed E-state index contributed by atoms with van der Waals surface area (Å²) in [4.78, 5) is 28.1. The van der Waals surface area contributed by atoms with E-state index in [1.165, 1.54) is 35.2 Å². The van der Waals surface area contributed by atoms with Crippen molar-refractivity contribution in [2.24, 2.45) is 0 Å². The molecule has 1 heterocycles. The quantitative estimate of drug-likeness (QED) is 0.720. The summed E-state index contributed by atoms with van der Waals surface area (Å²) in [6.45, 7) is 1.20. The molecule has 0 unspecified atom stereocenters. The van der Waals surface area contributed by atoms with Gasteiger partial charge in [-0.3, -0.25) is 9.59 Å². The van der Waals surface area contributed by atoms with Gasteiger partial charge in [0.25, 0.3) is 11.8 Å². The Kier molecular flexibility index (Phi) is 5.44. The van der Waals surface area contributed by atoms with Crippen LogP contribution in [0.25, 0.3) is 0 Å². The maximum atomic E-state index is 13.6. The van der Waals surface area contributed by atoms with Crippen molar-refractivity contribution < 1.29 is 18.4 Å². The van der Waals surface area contributed by atoms with Crippen LogP contribution >= 0.6 is 23.2 Å². The molecule has 1 aliphatic heterocycles. The van der Waals surface area contributed by atoms with Crippen LogP contribution < -0.4 is 0 Å². The molecule has 1 fully saturated rings. The van der Waals surface area contributed by atoms with Gasteiger partial charge in [-0.05, 0) is 36.4 Å². The van der Waals surface area contributed by atoms with Gasteiger partial charge in [-0.1, -0.05) is 23.2 Å². The zero-order chi connectivity index (χ0) is 18.8. The summed E-state index contributed by atoms with van der Waals surface area (Å²) in [6, 6.07) is 7.51. The average Bonchev–Trinajstić information content (AvgIpc) is 2.64. The molecule has 3 rings (SSSR count). The molecule has 1 aliphatic rings. The Labute approximate surface area is 158 Å². The van der Waals surface area contributed by atoms with Crippen molar-refractivity contribution >= 4 is 35.0 Å². The Morgan fingerprint density at radius 2 is 1.35 bits per heavy atom. The van der Waals surface area contributed by atoms with Crippen molar-refractivity contribution in [3.8, 4) is 0 Å². The second-order valence-electron chi connectivity index (χ2n) is 5.84. The van der Waals surface area contributed by atoms with Gasteiger partial charge in [0.1, 0.15) is 11.6 Å². The number of rotatable bonds is 2. The monoisotopic (exact) mass is 398 g/mol. The second-order valence-corrected chi connectivity index (χ2v) is 6.65. The van der Waals surface area contributed by atoms with Crippen LogP contribution in [0.2, 0.25) is 10.0 Å². The van der Waals surface area contributed by atoms with Crippen molar-refractivity contribution in [3.63, 3.8) is 0 Å². The number of hydrogen-bond donors (Lipinski definition) is 0. The highest BCUT2D eigenvalue weighted by Crippen LogP contribution is 2.26. The van der Waals surface area contributed by atoms with Gasteiger partial charge in [0.2, 0.25) is 0 Å². The summed E-state index contributed by atoms with van der Waals surface area (Å²) < 4.78 is 26.6. The number of carbonyl (C=O) groups is 2. The summed E-state index contributed by atoms with van der Waals surface area (Å²) in [5.74, 6) is -1.78. The van der Waals surface area contributed by atoms with E-state index < -0.39 is 17.5 Å². The third-order valence-electron chi connectivity index (χ3n) is 4.19. The lowest BCUT2D eigenvalue weighted by molar-refractivity contribution is 0.0535. The van der Waals surface area contributed by atoms with Crippen molar-refractivity contribution in [2.75, 3.05) is 26.2 Å². The number of piperazine rings is 1. The highest BCUT2D eigenvalue weighted by atomic mass is 35.5. The lowest BCUT2D eigenvalue weighted by Gasteiger charge is -2.35. The maximum absolute atomic E-state index is 13.6. The summed E-state index contributed by atoms with van der Waals surface area (Å²) in [5.41, 5.74) is 0.417. The highest BCUT2D eigenvalue weighted by Gasteiger charge is 2.27. The molecule has 0 N–H and O–H groups in total. The Morgan fingerprint density at radius 3 is 1.92 bits per heavy atom. The topological polar surface area (TPSA) is 40.6 Å². The van der Waals surface area contributed by atoms with Crippen LogP contribution in [0.4, 0.5) is 8.78 Å². The third-order valence-corrected chi connectivity index (χ3v) is 4.79. The largest absolute Gasteiger partial charge is 0.335 e. The number of nitrogens with zero attached hydrogens (tertiary/aromatic N) is 2. The fourth-order valence-electron chi connectivity index (χ4n) is 2.74. The number of hydrogen-bond acceptors (Lipinski definition) is 2. The Bertz CT molecular complexity index is 851. The van der Waals surface area contributed by atoms with Gasteiger partial charge in [0.05, 0.1) is 15.6 Å². The fourth-order valence-corrected chi connectivity index (χ4v) is 3.21. The number of halogens is 4. The van der Waals surface area contributed by atoms with Gasteiger partial charge in [-0.2, -0.15) is 0 Å². The molecule has 1 saturated heterocycles. The summed E-state index contributed by atoms with van der Waals surface area (Å²) in [5, 5.41) is -0.0764. The molecular weight excluding hydrogens is 385 g/mol. The van der Waals surface area contributed by atoms with Crippen LogP contribution in [0.5, 0.6) is 0 Å². The number of carbonyl (C=O) groups excluding carboxylic acids is 2.